The Morgan fingerprint density at radius 3 is 2.19 bits per heavy atom. The second kappa shape index (κ2) is 10.2. The fourth-order valence-electron chi connectivity index (χ4n) is 2.52. The van der Waals surface area contributed by atoms with Crippen LogP contribution in [0.2, 0.25) is 0 Å². The summed E-state index contributed by atoms with van der Waals surface area (Å²) in [5.41, 5.74) is 2.16. The van der Waals surface area contributed by atoms with Crippen LogP contribution in [0.5, 0.6) is 17.2 Å². The van der Waals surface area contributed by atoms with E-state index in [4.69, 9.17) is 14.2 Å². The molecule has 2 rings (SSSR count). The van der Waals surface area contributed by atoms with E-state index in [9.17, 15) is 4.79 Å². The molecule has 140 valence electrons. The zero-order valence-corrected chi connectivity index (χ0v) is 15.5. The number of rotatable bonds is 9. The minimum absolute atomic E-state index is 0.173. The fourth-order valence-corrected chi connectivity index (χ4v) is 2.52. The number of nitrogens with one attached hydrogen (secondary N) is 2. The molecule has 0 spiro atoms. The summed E-state index contributed by atoms with van der Waals surface area (Å²) in [6, 6.07) is 13.3. The van der Waals surface area contributed by atoms with Crippen LogP contribution in [0.3, 0.4) is 0 Å². The first kappa shape index (κ1) is 19.4. The summed E-state index contributed by atoms with van der Waals surface area (Å²) >= 11 is 0. The molecule has 0 saturated heterocycles. The molecular weight excluding hydrogens is 332 g/mol. The van der Waals surface area contributed by atoms with Gasteiger partial charge in [0.2, 0.25) is 0 Å². The highest BCUT2D eigenvalue weighted by Gasteiger charge is 2.05. The van der Waals surface area contributed by atoms with E-state index < -0.39 is 0 Å². The maximum Gasteiger partial charge on any atom is 0.315 e. The van der Waals surface area contributed by atoms with Crippen molar-refractivity contribution in [3.63, 3.8) is 0 Å². The molecule has 0 heterocycles. The SMILES string of the molecule is COc1ccc(CNC(=O)NCCCc2ccc(OC)c(OC)c2)cc1. The molecule has 0 fully saturated rings. The Hall–Kier alpha value is -2.89. The van der Waals surface area contributed by atoms with Gasteiger partial charge >= 0.3 is 6.03 Å². The summed E-state index contributed by atoms with van der Waals surface area (Å²) in [5.74, 6) is 2.23. The smallest absolute Gasteiger partial charge is 0.315 e. The van der Waals surface area contributed by atoms with E-state index in [1.807, 2.05) is 42.5 Å². The molecule has 0 aliphatic heterocycles. The van der Waals surface area contributed by atoms with Gasteiger partial charge in [-0.1, -0.05) is 18.2 Å². The minimum Gasteiger partial charge on any atom is -0.497 e. The Kier molecular flexibility index (Phi) is 7.61. The Labute approximate surface area is 154 Å². The van der Waals surface area contributed by atoms with Crippen LogP contribution in [-0.2, 0) is 13.0 Å². The predicted molar refractivity (Wildman–Crippen MR) is 101 cm³/mol. The number of hydrogen-bond acceptors (Lipinski definition) is 4. The average Bonchev–Trinajstić information content (AvgIpc) is 2.69. The van der Waals surface area contributed by atoms with Crippen LogP contribution in [0.15, 0.2) is 42.5 Å². The summed E-state index contributed by atoms with van der Waals surface area (Å²) < 4.78 is 15.6. The first-order valence-corrected chi connectivity index (χ1v) is 8.51. The van der Waals surface area contributed by atoms with Crippen molar-refractivity contribution in [1.82, 2.24) is 10.6 Å². The summed E-state index contributed by atoms with van der Waals surface area (Å²) in [5, 5.41) is 5.71. The Morgan fingerprint density at radius 1 is 0.846 bits per heavy atom. The number of hydrogen-bond donors (Lipinski definition) is 2. The molecule has 2 aromatic rings. The van der Waals surface area contributed by atoms with E-state index in [-0.39, 0.29) is 6.03 Å². The number of carbonyl (C=O) groups excluding carboxylic acids is 1. The molecule has 0 radical (unpaired) electrons. The number of ether oxygens (including phenoxy) is 3. The number of carbonyl (C=O) groups is 1. The number of amides is 2. The monoisotopic (exact) mass is 358 g/mol. The number of aryl methyl sites for hydroxylation is 1. The summed E-state index contributed by atoms with van der Waals surface area (Å²) in [6.45, 7) is 1.08. The quantitative estimate of drug-likeness (QED) is 0.676. The second-order valence-corrected chi connectivity index (χ2v) is 5.75. The molecule has 26 heavy (non-hydrogen) atoms. The van der Waals surface area contributed by atoms with Crippen molar-refractivity contribution in [2.24, 2.45) is 0 Å². The summed E-state index contributed by atoms with van der Waals surface area (Å²) in [6.07, 6.45) is 1.69. The van der Waals surface area contributed by atoms with E-state index in [1.54, 1.807) is 21.3 Å². The van der Waals surface area contributed by atoms with Gasteiger partial charge in [0.25, 0.3) is 0 Å². The van der Waals surface area contributed by atoms with Crippen LogP contribution >= 0.6 is 0 Å². The third-order valence-corrected chi connectivity index (χ3v) is 3.99. The van der Waals surface area contributed by atoms with E-state index in [2.05, 4.69) is 10.6 Å². The van der Waals surface area contributed by atoms with Crippen molar-refractivity contribution in [2.75, 3.05) is 27.9 Å². The Balaban J connectivity index is 1.68. The van der Waals surface area contributed by atoms with Crippen molar-refractivity contribution < 1.29 is 19.0 Å². The maximum absolute atomic E-state index is 11.9. The summed E-state index contributed by atoms with van der Waals surface area (Å²) in [7, 11) is 4.87. The third kappa shape index (κ3) is 5.88. The van der Waals surface area contributed by atoms with E-state index in [1.165, 1.54) is 0 Å². The van der Waals surface area contributed by atoms with Crippen LogP contribution in [-0.4, -0.2) is 33.9 Å². The van der Waals surface area contributed by atoms with Gasteiger partial charge in [-0.3, -0.25) is 0 Å². The number of benzene rings is 2. The average molecular weight is 358 g/mol. The standard InChI is InChI=1S/C20H26N2O4/c1-24-17-9-6-16(7-10-17)14-22-20(23)21-12-4-5-15-8-11-18(25-2)19(13-15)26-3/h6-11,13H,4-5,12,14H2,1-3H3,(H2,21,22,23). The van der Waals surface area contributed by atoms with Gasteiger partial charge in [0.05, 0.1) is 21.3 Å². The third-order valence-electron chi connectivity index (χ3n) is 3.99. The lowest BCUT2D eigenvalue weighted by molar-refractivity contribution is 0.240. The van der Waals surface area contributed by atoms with Crippen molar-refractivity contribution >= 4 is 6.03 Å². The number of methoxy groups -OCH3 is 3. The normalized spacial score (nSPS) is 10.1. The van der Waals surface area contributed by atoms with Gasteiger partial charge in [-0.25, -0.2) is 4.79 Å². The molecule has 0 saturated carbocycles. The zero-order chi connectivity index (χ0) is 18.8. The molecule has 0 bridgehead atoms. The molecule has 6 nitrogen and oxygen atoms in total. The first-order chi connectivity index (χ1) is 12.7. The highest BCUT2D eigenvalue weighted by molar-refractivity contribution is 5.73. The lowest BCUT2D eigenvalue weighted by atomic mass is 10.1. The minimum atomic E-state index is -0.173. The lowest BCUT2D eigenvalue weighted by Gasteiger charge is -2.10. The van der Waals surface area contributed by atoms with Crippen molar-refractivity contribution in [1.29, 1.82) is 0 Å². The predicted octanol–water partition coefficient (Wildman–Crippen LogP) is 3.14. The largest absolute Gasteiger partial charge is 0.497 e. The fraction of sp³-hybridized carbons (Fsp3) is 0.350. The lowest BCUT2D eigenvalue weighted by Crippen LogP contribution is -2.35. The second-order valence-electron chi connectivity index (χ2n) is 5.75. The van der Waals surface area contributed by atoms with Crippen LogP contribution < -0.4 is 24.8 Å². The van der Waals surface area contributed by atoms with Crippen LogP contribution in [0.25, 0.3) is 0 Å². The molecule has 0 aliphatic carbocycles. The Bertz CT molecular complexity index is 701. The summed E-state index contributed by atoms with van der Waals surface area (Å²) in [4.78, 5) is 11.9. The van der Waals surface area contributed by atoms with Gasteiger partial charge in [0.1, 0.15) is 5.75 Å². The van der Waals surface area contributed by atoms with Crippen molar-refractivity contribution in [2.45, 2.75) is 19.4 Å². The molecule has 0 aliphatic rings. The van der Waals surface area contributed by atoms with E-state index in [0.29, 0.717) is 18.8 Å². The van der Waals surface area contributed by atoms with Crippen LogP contribution in [0.4, 0.5) is 4.79 Å². The molecule has 2 amide bonds. The van der Waals surface area contributed by atoms with Gasteiger partial charge in [-0.05, 0) is 48.2 Å². The van der Waals surface area contributed by atoms with Gasteiger partial charge in [0, 0.05) is 13.1 Å². The topological polar surface area (TPSA) is 68.8 Å². The van der Waals surface area contributed by atoms with Gasteiger partial charge in [-0.15, -0.1) is 0 Å². The van der Waals surface area contributed by atoms with Crippen molar-refractivity contribution in [3.8, 4) is 17.2 Å². The number of urea groups is 1. The van der Waals surface area contributed by atoms with Gasteiger partial charge in [0.15, 0.2) is 11.5 Å². The molecule has 0 aromatic heterocycles. The van der Waals surface area contributed by atoms with E-state index >= 15 is 0 Å². The Morgan fingerprint density at radius 2 is 1.54 bits per heavy atom. The highest BCUT2D eigenvalue weighted by Crippen LogP contribution is 2.27. The highest BCUT2D eigenvalue weighted by atomic mass is 16.5. The molecule has 2 N–H and O–H groups in total. The molecule has 0 unspecified atom stereocenters. The van der Waals surface area contributed by atoms with E-state index in [0.717, 1.165) is 35.5 Å². The first-order valence-electron chi connectivity index (χ1n) is 8.51. The van der Waals surface area contributed by atoms with Gasteiger partial charge in [-0.2, -0.15) is 0 Å². The molecule has 2 aromatic carbocycles. The molecular formula is C20H26N2O4. The van der Waals surface area contributed by atoms with Crippen molar-refractivity contribution in [3.05, 3.63) is 53.6 Å². The van der Waals surface area contributed by atoms with Crippen LogP contribution in [0.1, 0.15) is 17.5 Å². The maximum atomic E-state index is 11.9. The zero-order valence-electron chi connectivity index (χ0n) is 15.5. The van der Waals surface area contributed by atoms with Gasteiger partial charge < -0.3 is 24.8 Å². The molecule has 6 heteroatoms. The molecule has 0 atom stereocenters. The van der Waals surface area contributed by atoms with Crippen LogP contribution in [0, 0.1) is 0 Å².